The number of rotatable bonds is 1. The summed E-state index contributed by atoms with van der Waals surface area (Å²) in [7, 11) is 0. The van der Waals surface area contributed by atoms with E-state index < -0.39 is 0 Å². The summed E-state index contributed by atoms with van der Waals surface area (Å²) in [6.45, 7) is 0.565. The number of ether oxygens (including phenoxy) is 1. The third-order valence-electron chi connectivity index (χ3n) is 2.53. The molecule has 0 aromatic heterocycles. The van der Waals surface area contributed by atoms with Crippen molar-refractivity contribution in [1.82, 2.24) is 0 Å². The Kier molecular flexibility index (Phi) is 2.35. The van der Waals surface area contributed by atoms with Gasteiger partial charge < -0.3 is 10.5 Å². The normalized spacial score (nSPS) is 12.6. The van der Waals surface area contributed by atoms with Gasteiger partial charge in [-0.15, -0.1) is 0 Å². The molecule has 0 aliphatic carbocycles. The van der Waals surface area contributed by atoms with Crippen LogP contribution in [0.15, 0.2) is 52.3 Å². The van der Waals surface area contributed by atoms with E-state index in [1.54, 1.807) is 11.8 Å². The van der Waals surface area contributed by atoms with Crippen molar-refractivity contribution in [2.45, 2.75) is 16.3 Å². The molecule has 3 rings (SSSR count). The van der Waals surface area contributed by atoms with Crippen molar-refractivity contribution in [3.05, 3.63) is 48.0 Å². The average molecular weight is 229 g/mol. The predicted octanol–water partition coefficient (Wildman–Crippen LogP) is 3.40. The monoisotopic (exact) mass is 229 g/mol. The molecule has 0 amide bonds. The Labute approximate surface area is 98.4 Å². The van der Waals surface area contributed by atoms with Crippen LogP contribution in [0.25, 0.3) is 0 Å². The maximum Gasteiger partial charge on any atom is 0.141 e. The van der Waals surface area contributed by atoms with Gasteiger partial charge in [0.05, 0.1) is 9.79 Å². The number of fused-ring (bicyclic) bond motifs is 2. The minimum absolute atomic E-state index is 0.565. The van der Waals surface area contributed by atoms with Gasteiger partial charge in [0.25, 0.3) is 0 Å². The van der Waals surface area contributed by atoms with Gasteiger partial charge >= 0.3 is 0 Å². The van der Waals surface area contributed by atoms with Crippen LogP contribution in [0, 0.1) is 0 Å². The molecular formula is C13H11NOS. The van der Waals surface area contributed by atoms with Crippen LogP contribution in [-0.4, -0.2) is 0 Å². The van der Waals surface area contributed by atoms with Crippen molar-refractivity contribution < 1.29 is 4.74 Å². The highest BCUT2D eigenvalue weighted by Crippen LogP contribution is 2.46. The van der Waals surface area contributed by atoms with Crippen LogP contribution in [-0.2, 0) is 6.54 Å². The third-order valence-corrected chi connectivity index (χ3v) is 3.63. The Bertz CT molecular complexity index is 539. The summed E-state index contributed by atoms with van der Waals surface area (Å²) in [4.78, 5) is 2.30. The van der Waals surface area contributed by atoms with E-state index in [4.69, 9.17) is 10.5 Å². The lowest BCUT2D eigenvalue weighted by molar-refractivity contribution is 0.454. The molecule has 0 bridgehead atoms. The van der Waals surface area contributed by atoms with E-state index >= 15 is 0 Å². The molecule has 80 valence electrons. The molecule has 0 atom stereocenters. The molecule has 3 heteroatoms. The van der Waals surface area contributed by atoms with Crippen LogP contribution < -0.4 is 10.5 Å². The summed E-state index contributed by atoms with van der Waals surface area (Å²) in [5, 5.41) is 0. The summed E-state index contributed by atoms with van der Waals surface area (Å²) in [5.74, 6) is 1.85. The molecule has 0 spiro atoms. The lowest BCUT2D eigenvalue weighted by Crippen LogP contribution is -1.99. The maximum absolute atomic E-state index is 5.82. The Balaban J connectivity index is 2.05. The van der Waals surface area contributed by atoms with Crippen LogP contribution >= 0.6 is 11.8 Å². The molecule has 0 fully saturated rings. The van der Waals surface area contributed by atoms with Gasteiger partial charge in [0.2, 0.25) is 0 Å². The first kappa shape index (κ1) is 9.75. The first-order valence-corrected chi connectivity index (χ1v) is 5.96. The zero-order valence-corrected chi connectivity index (χ0v) is 9.46. The second-order valence-electron chi connectivity index (χ2n) is 3.64. The largest absolute Gasteiger partial charge is 0.455 e. The van der Waals surface area contributed by atoms with E-state index in [1.807, 2.05) is 30.3 Å². The smallest absolute Gasteiger partial charge is 0.141 e. The van der Waals surface area contributed by atoms with Gasteiger partial charge in [-0.3, -0.25) is 0 Å². The topological polar surface area (TPSA) is 35.2 Å². The Morgan fingerprint density at radius 1 is 1.00 bits per heavy atom. The van der Waals surface area contributed by atoms with Gasteiger partial charge in [0.15, 0.2) is 0 Å². The molecule has 2 nitrogen and oxygen atoms in total. The lowest BCUT2D eigenvalue weighted by Gasteiger charge is -2.19. The highest BCUT2D eigenvalue weighted by Gasteiger charge is 2.16. The Hall–Kier alpha value is -1.45. The minimum Gasteiger partial charge on any atom is -0.455 e. The number of hydrogen-bond donors (Lipinski definition) is 1. The van der Waals surface area contributed by atoms with E-state index in [0.29, 0.717) is 6.54 Å². The SMILES string of the molecule is NCc1ccc2c(c1)Sc1ccccc1O2. The Morgan fingerprint density at radius 2 is 1.81 bits per heavy atom. The highest BCUT2D eigenvalue weighted by molar-refractivity contribution is 7.99. The first-order valence-electron chi connectivity index (χ1n) is 5.14. The van der Waals surface area contributed by atoms with E-state index in [0.717, 1.165) is 26.9 Å². The lowest BCUT2D eigenvalue weighted by atomic mass is 10.2. The van der Waals surface area contributed by atoms with Crippen molar-refractivity contribution >= 4 is 11.8 Å². The van der Waals surface area contributed by atoms with Crippen molar-refractivity contribution in [2.75, 3.05) is 0 Å². The molecule has 1 aliphatic heterocycles. The molecule has 2 aromatic carbocycles. The van der Waals surface area contributed by atoms with E-state index in [1.165, 1.54) is 0 Å². The van der Waals surface area contributed by atoms with Gasteiger partial charge in [0, 0.05) is 6.54 Å². The zero-order chi connectivity index (χ0) is 11.0. The van der Waals surface area contributed by atoms with Gasteiger partial charge in [-0.25, -0.2) is 0 Å². The van der Waals surface area contributed by atoms with Crippen molar-refractivity contribution in [1.29, 1.82) is 0 Å². The third kappa shape index (κ3) is 1.58. The molecule has 2 aromatic rings. The van der Waals surface area contributed by atoms with Gasteiger partial charge in [0.1, 0.15) is 11.5 Å². The maximum atomic E-state index is 5.82. The summed E-state index contributed by atoms with van der Waals surface area (Å²) in [6.07, 6.45) is 0. The van der Waals surface area contributed by atoms with Gasteiger partial charge in [-0.1, -0.05) is 30.0 Å². The van der Waals surface area contributed by atoms with Crippen molar-refractivity contribution in [2.24, 2.45) is 5.73 Å². The van der Waals surface area contributed by atoms with Crippen LogP contribution in [0.2, 0.25) is 0 Å². The number of hydrogen-bond acceptors (Lipinski definition) is 3. The van der Waals surface area contributed by atoms with E-state index in [9.17, 15) is 0 Å². The molecule has 1 aliphatic rings. The second-order valence-corrected chi connectivity index (χ2v) is 4.72. The summed E-state index contributed by atoms with van der Waals surface area (Å²) in [6, 6.07) is 14.1. The summed E-state index contributed by atoms with van der Waals surface area (Å²) in [5.41, 5.74) is 6.76. The zero-order valence-electron chi connectivity index (χ0n) is 8.64. The van der Waals surface area contributed by atoms with Crippen LogP contribution in [0.1, 0.15) is 5.56 Å². The molecule has 0 radical (unpaired) electrons. The molecule has 1 heterocycles. The van der Waals surface area contributed by atoms with Gasteiger partial charge in [-0.05, 0) is 29.8 Å². The molecule has 16 heavy (non-hydrogen) atoms. The summed E-state index contributed by atoms with van der Waals surface area (Å²) >= 11 is 1.73. The van der Waals surface area contributed by atoms with Crippen LogP contribution in [0.3, 0.4) is 0 Å². The van der Waals surface area contributed by atoms with Crippen LogP contribution in [0.5, 0.6) is 11.5 Å². The predicted molar refractivity (Wildman–Crippen MR) is 65.0 cm³/mol. The minimum atomic E-state index is 0.565. The highest BCUT2D eigenvalue weighted by atomic mass is 32.2. The molecular weight excluding hydrogens is 218 g/mol. The fourth-order valence-corrected chi connectivity index (χ4v) is 2.71. The van der Waals surface area contributed by atoms with E-state index in [-0.39, 0.29) is 0 Å². The van der Waals surface area contributed by atoms with Crippen LogP contribution in [0.4, 0.5) is 0 Å². The molecule has 0 saturated heterocycles. The standard InChI is InChI=1S/C13H11NOS/c14-8-9-5-6-11-13(7-9)16-12-4-2-1-3-10(12)15-11/h1-7H,8,14H2. The quantitative estimate of drug-likeness (QED) is 0.694. The molecule has 2 N–H and O–H groups in total. The van der Waals surface area contributed by atoms with Gasteiger partial charge in [-0.2, -0.15) is 0 Å². The fourth-order valence-electron chi connectivity index (χ4n) is 1.70. The second kappa shape index (κ2) is 3.85. The van der Waals surface area contributed by atoms with E-state index in [2.05, 4.69) is 12.1 Å². The van der Waals surface area contributed by atoms with Crippen molar-refractivity contribution in [3.8, 4) is 11.5 Å². The molecule has 0 unspecified atom stereocenters. The first-order chi connectivity index (χ1) is 7.86. The van der Waals surface area contributed by atoms with Crippen molar-refractivity contribution in [3.63, 3.8) is 0 Å². The summed E-state index contributed by atoms with van der Waals surface area (Å²) < 4.78 is 5.82. The number of benzene rings is 2. The Morgan fingerprint density at radius 3 is 2.69 bits per heavy atom. The number of para-hydroxylation sites is 1. The average Bonchev–Trinajstić information content (AvgIpc) is 2.35. The fraction of sp³-hybridized carbons (Fsp3) is 0.0769. The number of nitrogens with two attached hydrogens (primary N) is 1. The molecule has 0 saturated carbocycles.